The fourth-order valence-electron chi connectivity index (χ4n) is 2.68. The molecular weight excluding hydrogens is 371 g/mol. The lowest BCUT2D eigenvalue weighted by molar-refractivity contribution is 0.107. The molecule has 3 aromatic carbocycles. The van der Waals surface area contributed by atoms with Gasteiger partial charge in [-0.3, -0.25) is 0 Å². The summed E-state index contributed by atoms with van der Waals surface area (Å²) in [6.45, 7) is 0. The highest BCUT2D eigenvalue weighted by molar-refractivity contribution is 7.98. The van der Waals surface area contributed by atoms with E-state index in [2.05, 4.69) is 12.1 Å². The number of thioether (sulfide) groups is 1. The average molecular weight is 389 g/mol. The van der Waals surface area contributed by atoms with Gasteiger partial charge in [-0.05, 0) is 41.0 Å². The normalized spacial score (nSPS) is 11.5. The van der Waals surface area contributed by atoms with Crippen LogP contribution < -0.4 is 0 Å². The van der Waals surface area contributed by atoms with Crippen molar-refractivity contribution in [1.82, 2.24) is 0 Å². The molecule has 0 saturated carbocycles. The average Bonchev–Trinajstić information content (AvgIpc) is 2.63. The molecule has 4 heteroatoms. The zero-order valence-electron chi connectivity index (χ0n) is 13.5. The molecule has 128 valence electrons. The Morgan fingerprint density at radius 2 is 1.20 bits per heavy atom. The van der Waals surface area contributed by atoms with Crippen LogP contribution in [0.25, 0.3) is 0 Å². The fourth-order valence-corrected chi connectivity index (χ4v) is 4.09. The third-order valence-corrected chi connectivity index (χ3v) is 5.73. The Kier molecular flexibility index (Phi) is 6.08. The minimum absolute atomic E-state index is 0.533. The molecule has 0 aromatic heterocycles. The van der Waals surface area contributed by atoms with E-state index in [0.717, 1.165) is 16.9 Å². The molecule has 0 unspecified atom stereocenters. The Hall–Kier alpha value is -1.45. The van der Waals surface area contributed by atoms with Crippen molar-refractivity contribution in [1.29, 1.82) is 0 Å². The Morgan fingerprint density at radius 1 is 0.720 bits per heavy atom. The summed E-state index contributed by atoms with van der Waals surface area (Å²) in [5.74, 6) is 1.37. The van der Waals surface area contributed by atoms with Crippen molar-refractivity contribution in [3.63, 3.8) is 0 Å². The van der Waals surface area contributed by atoms with Gasteiger partial charge in [0.15, 0.2) is 0 Å². The lowest BCUT2D eigenvalue weighted by Gasteiger charge is -2.29. The molecule has 0 saturated heterocycles. The van der Waals surface area contributed by atoms with Gasteiger partial charge in [0.1, 0.15) is 5.60 Å². The van der Waals surface area contributed by atoms with E-state index in [0.29, 0.717) is 15.8 Å². The standard InChI is InChI=1S/C21H18Cl2OS/c22-19-10-6-17(7-11-19)21(24,18-8-12-20(23)13-9-18)15-25-14-16-4-2-1-3-5-16/h1-13,24H,14-15H2. The molecule has 3 rings (SSSR count). The van der Waals surface area contributed by atoms with Gasteiger partial charge in [0.2, 0.25) is 0 Å². The third kappa shape index (κ3) is 4.59. The number of rotatable bonds is 6. The van der Waals surface area contributed by atoms with Crippen LogP contribution in [-0.2, 0) is 11.4 Å². The van der Waals surface area contributed by atoms with Crippen molar-refractivity contribution < 1.29 is 5.11 Å². The maximum absolute atomic E-state index is 11.5. The second kappa shape index (κ2) is 8.29. The maximum atomic E-state index is 11.5. The van der Waals surface area contributed by atoms with Crippen LogP contribution in [-0.4, -0.2) is 10.9 Å². The van der Waals surface area contributed by atoms with Gasteiger partial charge in [-0.25, -0.2) is 0 Å². The number of hydrogen-bond acceptors (Lipinski definition) is 2. The molecule has 0 amide bonds. The summed E-state index contributed by atoms with van der Waals surface area (Å²) in [4.78, 5) is 0. The van der Waals surface area contributed by atoms with E-state index in [1.807, 2.05) is 42.5 Å². The maximum Gasteiger partial charge on any atom is 0.124 e. The smallest absolute Gasteiger partial charge is 0.124 e. The predicted molar refractivity (Wildman–Crippen MR) is 109 cm³/mol. The third-order valence-electron chi connectivity index (χ3n) is 4.07. The molecule has 1 N–H and O–H groups in total. The van der Waals surface area contributed by atoms with E-state index in [1.165, 1.54) is 5.56 Å². The highest BCUT2D eigenvalue weighted by Crippen LogP contribution is 2.35. The molecule has 0 aliphatic heterocycles. The lowest BCUT2D eigenvalue weighted by Crippen LogP contribution is -2.30. The lowest BCUT2D eigenvalue weighted by atomic mass is 9.88. The highest BCUT2D eigenvalue weighted by atomic mass is 35.5. The van der Waals surface area contributed by atoms with Gasteiger partial charge in [-0.1, -0.05) is 77.8 Å². The van der Waals surface area contributed by atoms with Crippen LogP contribution in [0.5, 0.6) is 0 Å². The first kappa shape index (κ1) is 18.3. The molecule has 1 nitrogen and oxygen atoms in total. The molecule has 0 aliphatic rings. The van der Waals surface area contributed by atoms with Crippen LogP contribution in [0, 0.1) is 0 Å². The van der Waals surface area contributed by atoms with Crippen molar-refractivity contribution in [2.75, 3.05) is 5.75 Å². The summed E-state index contributed by atoms with van der Waals surface area (Å²) < 4.78 is 0. The van der Waals surface area contributed by atoms with Crippen LogP contribution in [0.15, 0.2) is 78.9 Å². The summed E-state index contributed by atoms with van der Waals surface area (Å²) >= 11 is 13.7. The number of benzene rings is 3. The molecule has 0 atom stereocenters. The minimum Gasteiger partial charge on any atom is -0.380 e. The van der Waals surface area contributed by atoms with Crippen LogP contribution in [0.1, 0.15) is 16.7 Å². The SMILES string of the molecule is OC(CSCc1ccccc1)(c1ccc(Cl)cc1)c1ccc(Cl)cc1. The quantitative estimate of drug-likeness (QED) is 0.545. The van der Waals surface area contributed by atoms with E-state index in [9.17, 15) is 5.11 Å². The first-order valence-electron chi connectivity index (χ1n) is 7.94. The monoisotopic (exact) mass is 388 g/mol. The van der Waals surface area contributed by atoms with E-state index >= 15 is 0 Å². The highest BCUT2D eigenvalue weighted by Gasteiger charge is 2.31. The molecule has 25 heavy (non-hydrogen) atoms. The van der Waals surface area contributed by atoms with E-state index in [1.54, 1.807) is 36.0 Å². The van der Waals surface area contributed by atoms with Crippen LogP contribution in [0.2, 0.25) is 10.0 Å². The predicted octanol–water partition coefficient (Wildman–Crippen LogP) is 6.16. The fraction of sp³-hybridized carbons (Fsp3) is 0.143. The van der Waals surface area contributed by atoms with E-state index in [4.69, 9.17) is 23.2 Å². The Labute approximate surface area is 162 Å². The van der Waals surface area contributed by atoms with Crippen LogP contribution in [0.4, 0.5) is 0 Å². The second-order valence-corrected chi connectivity index (χ2v) is 7.71. The van der Waals surface area contributed by atoms with Gasteiger partial charge in [-0.2, -0.15) is 11.8 Å². The number of aliphatic hydroxyl groups is 1. The Balaban J connectivity index is 1.86. The first-order chi connectivity index (χ1) is 12.1. The minimum atomic E-state index is -1.10. The summed E-state index contributed by atoms with van der Waals surface area (Å²) in [5, 5.41) is 12.8. The first-order valence-corrected chi connectivity index (χ1v) is 9.85. The van der Waals surface area contributed by atoms with Crippen LogP contribution in [0.3, 0.4) is 0 Å². The van der Waals surface area contributed by atoms with Crippen molar-refractivity contribution in [3.05, 3.63) is 106 Å². The van der Waals surface area contributed by atoms with Crippen LogP contribution >= 0.6 is 35.0 Å². The van der Waals surface area contributed by atoms with Crippen molar-refractivity contribution >= 4 is 35.0 Å². The zero-order valence-corrected chi connectivity index (χ0v) is 15.9. The summed E-state index contributed by atoms with van der Waals surface area (Å²) in [7, 11) is 0. The molecule has 0 heterocycles. The Morgan fingerprint density at radius 3 is 1.68 bits per heavy atom. The molecule has 0 bridgehead atoms. The van der Waals surface area contributed by atoms with E-state index < -0.39 is 5.60 Å². The van der Waals surface area contributed by atoms with Crippen molar-refractivity contribution in [2.45, 2.75) is 11.4 Å². The second-order valence-electron chi connectivity index (χ2n) is 5.85. The van der Waals surface area contributed by atoms with Gasteiger partial charge >= 0.3 is 0 Å². The Bertz CT molecular complexity index is 756. The molecule has 3 aromatic rings. The molecule has 0 fully saturated rings. The summed E-state index contributed by atoms with van der Waals surface area (Å²) in [6, 6.07) is 25.0. The number of halogens is 2. The van der Waals surface area contributed by atoms with Gasteiger partial charge in [0, 0.05) is 21.6 Å². The van der Waals surface area contributed by atoms with Crippen molar-refractivity contribution in [2.24, 2.45) is 0 Å². The summed E-state index contributed by atoms with van der Waals surface area (Å²) in [5.41, 5.74) is 1.77. The molecule has 0 radical (unpaired) electrons. The summed E-state index contributed by atoms with van der Waals surface area (Å²) in [6.07, 6.45) is 0. The van der Waals surface area contributed by atoms with Gasteiger partial charge in [-0.15, -0.1) is 0 Å². The van der Waals surface area contributed by atoms with Gasteiger partial charge in [0.05, 0.1) is 0 Å². The topological polar surface area (TPSA) is 20.2 Å². The molecule has 0 aliphatic carbocycles. The zero-order chi connectivity index (χ0) is 17.7. The molecular formula is C21H18Cl2OS. The van der Waals surface area contributed by atoms with E-state index in [-0.39, 0.29) is 0 Å². The van der Waals surface area contributed by atoms with Gasteiger partial charge in [0.25, 0.3) is 0 Å². The number of hydrogen-bond donors (Lipinski definition) is 1. The van der Waals surface area contributed by atoms with Gasteiger partial charge < -0.3 is 5.11 Å². The molecule has 0 spiro atoms. The largest absolute Gasteiger partial charge is 0.380 e. The van der Waals surface area contributed by atoms with Crippen molar-refractivity contribution in [3.8, 4) is 0 Å².